The van der Waals surface area contributed by atoms with Gasteiger partial charge >= 0.3 is 0 Å². The number of hydrogen-bond acceptors (Lipinski definition) is 6. The maximum Gasteiger partial charge on any atom is 0.196 e. The fourth-order valence-corrected chi connectivity index (χ4v) is 3.56. The number of nitrogens with zero attached hydrogens (tertiary/aromatic N) is 4. The first kappa shape index (κ1) is 18.0. The van der Waals surface area contributed by atoms with Crippen molar-refractivity contribution in [2.45, 2.75) is 5.16 Å². The van der Waals surface area contributed by atoms with Crippen LogP contribution in [-0.2, 0) is 0 Å². The average Bonchev–Trinajstić information content (AvgIpc) is 3.43. The summed E-state index contributed by atoms with van der Waals surface area (Å²) in [7, 11) is 1.63. The second-order valence-corrected chi connectivity index (χ2v) is 6.81. The molecule has 0 spiro atoms. The highest BCUT2D eigenvalue weighted by Gasteiger charge is 2.18. The molecule has 0 saturated heterocycles. The lowest BCUT2D eigenvalue weighted by atomic mass is 10.2. The summed E-state index contributed by atoms with van der Waals surface area (Å²) in [6.45, 7) is 0. The molecule has 0 aliphatic carbocycles. The monoisotopic (exact) mass is 391 g/mol. The van der Waals surface area contributed by atoms with Crippen LogP contribution in [0.2, 0.25) is 0 Å². The van der Waals surface area contributed by atoms with Crippen molar-refractivity contribution in [1.82, 2.24) is 24.7 Å². The summed E-state index contributed by atoms with van der Waals surface area (Å²) in [5.74, 6) is 1.70. The summed E-state index contributed by atoms with van der Waals surface area (Å²) in [6.07, 6.45) is 5.16. The van der Waals surface area contributed by atoms with Crippen molar-refractivity contribution in [2.75, 3.05) is 12.9 Å². The lowest BCUT2D eigenvalue weighted by molar-refractivity contribution is 0.101. The van der Waals surface area contributed by atoms with Crippen molar-refractivity contribution in [3.63, 3.8) is 0 Å². The molecule has 0 saturated carbocycles. The zero-order valence-electron chi connectivity index (χ0n) is 15.1. The zero-order chi connectivity index (χ0) is 19.3. The minimum atomic E-state index is 0.00439. The number of Topliss-reactive ketones (excluding diaryl/α,β-unsaturated/α-hetero) is 1. The molecule has 0 atom stereocenters. The number of ketones is 1. The molecule has 7 nitrogen and oxygen atoms in total. The van der Waals surface area contributed by atoms with Gasteiger partial charge in [0, 0.05) is 29.8 Å². The van der Waals surface area contributed by atoms with Gasteiger partial charge in [0.2, 0.25) is 0 Å². The number of methoxy groups -OCH3 is 1. The van der Waals surface area contributed by atoms with Crippen molar-refractivity contribution >= 4 is 17.5 Å². The van der Waals surface area contributed by atoms with Crippen molar-refractivity contribution in [1.29, 1.82) is 0 Å². The molecule has 1 N–H and O–H groups in total. The average molecular weight is 391 g/mol. The molecule has 0 fully saturated rings. The summed E-state index contributed by atoms with van der Waals surface area (Å²) in [5.41, 5.74) is 2.35. The quantitative estimate of drug-likeness (QED) is 0.382. The molecule has 8 heteroatoms. The maximum atomic E-state index is 12.4. The van der Waals surface area contributed by atoms with E-state index in [1.807, 2.05) is 41.0 Å². The van der Waals surface area contributed by atoms with E-state index in [1.165, 1.54) is 11.8 Å². The number of ether oxygens (including phenoxy) is 1. The predicted molar refractivity (Wildman–Crippen MR) is 107 cm³/mol. The Hall–Kier alpha value is -3.39. The number of hydrogen-bond donors (Lipinski definition) is 1. The molecule has 28 heavy (non-hydrogen) atoms. The predicted octanol–water partition coefficient (Wildman–Crippen LogP) is 3.64. The van der Waals surface area contributed by atoms with E-state index < -0.39 is 0 Å². The molecule has 0 radical (unpaired) electrons. The third-order valence-electron chi connectivity index (χ3n) is 4.13. The highest BCUT2D eigenvalue weighted by molar-refractivity contribution is 7.99. The van der Waals surface area contributed by atoms with Gasteiger partial charge in [0.05, 0.1) is 18.6 Å². The van der Waals surface area contributed by atoms with E-state index in [0.29, 0.717) is 16.7 Å². The van der Waals surface area contributed by atoms with Gasteiger partial charge < -0.3 is 9.72 Å². The number of thioether (sulfide) groups is 1. The van der Waals surface area contributed by atoms with E-state index >= 15 is 0 Å². The van der Waals surface area contributed by atoms with Crippen LogP contribution in [0.15, 0.2) is 72.3 Å². The first-order valence-electron chi connectivity index (χ1n) is 8.56. The third kappa shape index (κ3) is 3.67. The van der Waals surface area contributed by atoms with Gasteiger partial charge in [-0.25, -0.2) is 0 Å². The number of pyridine rings is 1. The summed E-state index contributed by atoms with van der Waals surface area (Å²) in [4.78, 5) is 19.4. The van der Waals surface area contributed by atoms with Crippen LogP contribution in [0.1, 0.15) is 10.5 Å². The summed E-state index contributed by atoms with van der Waals surface area (Å²) < 4.78 is 7.18. The van der Waals surface area contributed by atoms with Crippen LogP contribution in [0.25, 0.3) is 17.1 Å². The van der Waals surface area contributed by atoms with Gasteiger partial charge in [-0.3, -0.25) is 14.3 Å². The number of benzene rings is 1. The smallest absolute Gasteiger partial charge is 0.196 e. The minimum absolute atomic E-state index is 0.00439. The van der Waals surface area contributed by atoms with Gasteiger partial charge in [0.25, 0.3) is 0 Å². The highest BCUT2D eigenvalue weighted by Crippen LogP contribution is 2.29. The summed E-state index contributed by atoms with van der Waals surface area (Å²) in [5, 5.41) is 9.32. The van der Waals surface area contributed by atoms with Crippen LogP contribution >= 0.6 is 11.8 Å². The fraction of sp³-hybridized carbons (Fsp3) is 0.100. The van der Waals surface area contributed by atoms with Crippen LogP contribution in [0, 0.1) is 0 Å². The Morgan fingerprint density at radius 2 is 1.89 bits per heavy atom. The largest absolute Gasteiger partial charge is 0.497 e. The molecule has 1 aromatic carbocycles. The van der Waals surface area contributed by atoms with Crippen LogP contribution in [0.3, 0.4) is 0 Å². The normalized spacial score (nSPS) is 10.8. The van der Waals surface area contributed by atoms with Crippen molar-refractivity contribution in [3.8, 4) is 22.8 Å². The Morgan fingerprint density at radius 1 is 1.11 bits per heavy atom. The number of nitrogens with one attached hydrogen (secondary N) is 1. The minimum Gasteiger partial charge on any atom is -0.497 e. The van der Waals surface area contributed by atoms with Crippen molar-refractivity contribution in [3.05, 3.63) is 72.8 Å². The fourth-order valence-electron chi connectivity index (χ4n) is 2.73. The van der Waals surface area contributed by atoms with E-state index in [4.69, 9.17) is 4.74 Å². The molecule has 0 unspecified atom stereocenters. The van der Waals surface area contributed by atoms with Crippen LogP contribution < -0.4 is 4.74 Å². The molecule has 4 rings (SSSR count). The van der Waals surface area contributed by atoms with Crippen molar-refractivity contribution in [2.24, 2.45) is 0 Å². The SMILES string of the molecule is COc1ccc(-n2c(SCC(=O)c3ccc[nH]3)nnc2-c2ccncc2)cc1. The summed E-state index contributed by atoms with van der Waals surface area (Å²) >= 11 is 1.35. The molecule has 4 aromatic rings. The maximum absolute atomic E-state index is 12.4. The Labute approximate surface area is 165 Å². The molecule has 0 amide bonds. The van der Waals surface area contributed by atoms with Gasteiger partial charge in [-0.15, -0.1) is 10.2 Å². The molecule has 140 valence electrons. The van der Waals surface area contributed by atoms with Gasteiger partial charge in [-0.05, 0) is 48.5 Å². The second-order valence-electron chi connectivity index (χ2n) is 5.87. The van der Waals surface area contributed by atoms with E-state index in [9.17, 15) is 4.79 Å². The van der Waals surface area contributed by atoms with Gasteiger partial charge in [0.15, 0.2) is 16.8 Å². The number of aromatic amines is 1. The third-order valence-corrected chi connectivity index (χ3v) is 5.06. The summed E-state index contributed by atoms with van der Waals surface area (Å²) in [6, 6.07) is 15.0. The molecule has 3 aromatic heterocycles. The Kier molecular flexibility index (Phi) is 5.20. The number of aromatic nitrogens is 5. The zero-order valence-corrected chi connectivity index (χ0v) is 15.9. The molecular weight excluding hydrogens is 374 g/mol. The van der Waals surface area contributed by atoms with Crippen molar-refractivity contribution < 1.29 is 9.53 Å². The van der Waals surface area contributed by atoms with E-state index in [-0.39, 0.29) is 11.5 Å². The number of carbonyl (C=O) groups is 1. The topological polar surface area (TPSA) is 85.7 Å². The van der Waals surface area contributed by atoms with E-state index in [1.54, 1.807) is 37.8 Å². The first-order chi connectivity index (χ1) is 13.8. The second kappa shape index (κ2) is 8.10. The Balaban J connectivity index is 1.69. The van der Waals surface area contributed by atoms with E-state index in [2.05, 4.69) is 20.2 Å². The van der Waals surface area contributed by atoms with E-state index in [0.717, 1.165) is 17.0 Å². The number of H-pyrrole nitrogens is 1. The first-order valence-corrected chi connectivity index (χ1v) is 9.54. The number of rotatable bonds is 7. The molecule has 0 bridgehead atoms. The lowest BCUT2D eigenvalue weighted by Crippen LogP contribution is -2.05. The standard InChI is InChI=1S/C20H17N5O2S/c1-27-16-6-4-15(5-7-16)25-19(14-8-11-21-12-9-14)23-24-20(25)28-13-18(26)17-3-2-10-22-17/h2-12,22H,13H2,1H3. The van der Waals surface area contributed by atoms with Gasteiger partial charge in [-0.1, -0.05) is 11.8 Å². The van der Waals surface area contributed by atoms with Gasteiger partial charge in [0.1, 0.15) is 5.75 Å². The molecular formula is C20H17N5O2S. The van der Waals surface area contributed by atoms with Crippen LogP contribution in [0.4, 0.5) is 0 Å². The molecule has 3 heterocycles. The molecule has 0 aliphatic heterocycles. The lowest BCUT2D eigenvalue weighted by Gasteiger charge is -2.11. The van der Waals surface area contributed by atoms with Gasteiger partial charge in [-0.2, -0.15) is 0 Å². The highest BCUT2D eigenvalue weighted by atomic mass is 32.2. The van der Waals surface area contributed by atoms with Crippen LogP contribution in [0.5, 0.6) is 5.75 Å². The Morgan fingerprint density at radius 3 is 2.57 bits per heavy atom. The van der Waals surface area contributed by atoms with Crippen LogP contribution in [-0.4, -0.2) is 43.4 Å². The number of carbonyl (C=O) groups excluding carboxylic acids is 1. The Bertz CT molecular complexity index is 1060. The molecule has 0 aliphatic rings.